The van der Waals surface area contributed by atoms with E-state index >= 15 is 0 Å². The Kier molecular flexibility index (Phi) is 3.26. The van der Waals surface area contributed by atoms with Gasteiger partial charge in [-0.2, -0.15) is 0 Å². The number of aromatic nitrogens is 2. The highest BCUT2D eigenvalue weighted by Crippen LogP contribution is 2.22. The Labute approximate surface area is 91.8 Å². The molecule has 1 rings (SSSR count). The fraction of sp³-hybridized carbons (Fsp3) is 0.500. The summed E-state index contributed by atoms with van der Waals surface area (Å²) in [5.41, 5.74) is 0.709. The predicted molar refractivity (Wildman–Crippen MR) is 56.9 cm³/mol. The molecule has 0 unspecified atom stereocenters. The minimum atomic E-state index is -3.32. The average Bonchev–Trinajstić information content (AvgIpc) is 2.02. The van der Waals surface area contributed by atoms with Gasteiger partial charge in [0.15, 0.2) is 0 Å². The smallest absolute Gasteiger partial charge is 0.226 e. The maximum absolute atomic E-state index is 11.2. The molecule has 1 aromatic heterocycles. The molecule has 1 heterocycles. The van der Waals surface area contributed by atoms with Crippen LogP contribution < -0.4 is 0 Å². The number of sulfone groups is 1. The van der Waals surface area contributed by atoms with Gasteiger partial charge in [0, 0.05) is 12.5 Å². The van der Waals surface area contributed by atoms with Crippen molar-refractivity contribution in [3.05, 3.63) is 16.4 Å². The average molecular weight is 279 g/mol. The highest BCUT2D eigenvalue weighted by molar-refractivity contribution is 9.10. The van der Waals surface area contributed by atoms with Gasteiger partial charge in [0.05, 0.1) is 10.2 Å². The van der Waals surface area contributed by atoms with Gasteiger partial charge in [-0.3, -0.25) is 0 Å². The molecule has 4 nitrogen and oxygen atoms in total. The van der Waals surface area contributed by atoms with Crippen LogP contribution in [0.15, 0.2) is 15.8 Å². The Bertz CT molecular complexity index is 443. The van der Waals surface area contributed by atoms with Crippen LogP contribution in [0.3, 0.4) is 0 Å². The topological polar surface area (TPSA) is 59.9 Å². The van der Waals surface area contributed by atoms with Crippen molar-refractivity contribution in [3.8, 4) is 0 Å². The largest absolute Gasteiger partial charge is 0.247 e. The fourth-order valence-electron chi connectivity index (χ4n) is 0.947. The maximum atomic E-state index is 11.2. The first-order valence-corrected chi connectivity index (χ1v) is 6.73. The SMILES string of the molecule is CC(C)c1nc(S(C)(=O)=O)ncc1Br. The Morgan fingerprint density at radius 2 is 2.00 bits per heavy atom. The molecule has 1 aromatic rings. The van der Waals surface area contributed by atoms with Gasteiger partial charge in [0.1, 0.15) is 0 Å². The molecule has 14 heavy (non-hydrogen) atoms. The zero-order chi connectivity index (χ0) is 10.9. The summed E-state index contributed by atoms with van der Waals surface area (Å²) in [6.45, 7) is 3.89. The summed E-state index contributed by atoms with van der Waals surface area (Å²) in [7, 11) is -3.32. The van der Waals surface area contributed by atoms with Crippen molar-refractivity contribution >= 4 is 25.8 Å². The van der Waals surface area contributed by atoms with Crippen LogP contribution in [0.5, 0.6) is 0 Å². The summed E-state index contributed by atoms with van der Waals surface area (Å²) in [6, 6.07) is 0. The van der Waals surface area contributed by atoms with Crippen LogP contribution >= 0.6 is 15.9 Å². The van der Waals surface area contributed by atoms with E-state index in [1.165, 1.54) is 6.20 Å². The van der Waals surface area contributed by atoms with Gasteiger partial charge < -0.3 is 0 Å². The second-order valence-electron chi connectivity index (χ2n) is 3.31. The van der Waals surface area contributed by atoms with E-state index in [9.17, 15) is 8.42 Å². The van der Waals surface area contributed by atoms with Gasteiger partial charge >= 0.3 is 0 Å². The number of hydrogen-bond donors (Lipinski definition) is 0. The maximum Gasteiger partial charge on any atom is 0.247 e. The zero-order valence-corrected chi connectivity index (χ0v) is 10.6. The lowest BCUT2D eigenvalue weighted by Crippen LogP contribution is -2.07. The van der Waals surface area contributed by atoms with E-state index in [1.54, 1.807) is 0 Å². The molecule has 0 aliphatic carbocycles. The van der Waals surface area contributed by atoms with Gasteiger partial charge in [0.25, 0.3) is 0 Å². The van der Waals surface area contributed by atoms with Gasteiger partial charge in [-0.15, -0.1) is 0 Å². The Morgan fingerprint density at radius 1 is 1.43 bits per heavy atom. The Morgan fingerprint density at radius 3 is 2.43 bits per heavy atom. The number of nitrogens with zero attached hydrogens (tertiary/aromatic N) is 2. The first-order valence-electron chi connectivity index (χ1n) is 4.05. The Balaban J connectivity index is 3.34. The van der Waals surface area contributed by atoms with Crippen LogP contribution in [-0.4, -0.2) is 24.6 Å². The van der Waals surface area contributed by atoms with Crippen molar-refractivity contribution in [2.75, 3.05) is 6.26 Å². The molecular formula is C8H11BrN2O2S. The van der Waals surface area contributed by atoms with E-state index < -0.39 is 9.84 Å². The number of rotatable bonds is 2. The molecule has 0 fully saturated rings. The molecular weight excluding hydrogens is 268 g/mol. The molecule has 0 N–H and O–H groups in total. The van der Waals surface area contributed by atoms with E-state index in [-0.39, 0.29) is 11.1 Å². The van der Waals surface area contributed by atoms with Gasteiger partial charge in [0.2, 0.25) is 15.0 Å². The van der Waals surface area contributed by atoms with Crippen molar-refractivity contribution in [3.63, 3.8) is 0 Å². The standard InChI is InChI=1S/C8H11BrN2O2S/c1-5(2)7-6(9)4-10-8(11-7)14(3,12)13/h4-5H,1-3H3. The van der Waals surface area contributed by atoms with Crippen LogP contribution in [-0.2, 0) is 9.84 Å². The minimum absolute atomic E-state index is 0.121. The van der Waals surface area contributed by atoms with Gasteiger partial charge in [-0.25, -0.2) is 18.4 Å². The summed E-state index contributed by atoms with van der Waals surface area (Å²) in [6.07, 6.45) is 2.57. The molecule has 0 saturated carbocycles. The normalized spacial score (nSPS) is 12.1. The summed E-state index contributed by atoms with van der Waals surface area (Å²) >= 11 is 3.28. The molecule has 0 atom stereocenters. The van der Waals surface area contributed by atoms with E-state index in [0.29, 0.717) is 5.69 Å². The van der Waals surface area contributed by atoms with Crippen LogP contribution in [0.1, 0.15) is 25.5 Å². The molecule has 0 radical (unpaired) electrons. The Hall–Kier alpha value is -0.490. The molecule has 6 heteroatoms. The lowest BCUT2D eigenvalue weighted by molar-refractivity contribution is 0.590. The summed E-state index contributed by atoms with van der Waals surface area (Å²) in [4.78, 5) is 7.74. The van der Waals surface area contributed by atoms with Crippen molar-refractivity contribution in [2.45, 2.75) is 24.9 Å². The second-order valence-corrected chi connectivity index (χ2v) is 6.08. The van der Waals surface area contributed by atoms with E-state index in [2.05, 4.69) is 25.9 Å². The monoisotopic (exact) mass is 278 g/mol. The lowest BCUT2D eigenvalue weighted by atomic mass is 10.1. The third kappa shape index (κ3) is 2.51. The summed E-state index contributed by atoms with van der Waals surface area (Å²) in [5.74, 6) is 0.160. The quantitative estimate of drug-likeness (QED) is 0.774. The highest BCUT2D eigenvalue weighted by Gasteiger charge is 2.15. The van der Waals surface area contributed by atoms with Crippen LogP contribution in [0.25, 0.3) is 0 Å². The fourth-order valence-corrected chi connectivity index (χ4v) is 2.10. The van der Waals surface area contributed by atoms with Crippen molar-refractivity contribution < 1.29 is 8.42 Å². The van der Waals surface area contributed by atoms with Crippen molar-refractivity contribution in [2.24, 2.45) is 0 Å². The summed E-state index contributed by atoms with van der Waals surface area (Å²) in [5, 5.41) is -0.121. The third-order valence-corrected chi connectivity index (χ3v) is 3.10. The van der Waals surface area contributed by atoms with Crippen LogP contribution in [0.4, 0.5) is 0 Å². The van der Waals surface area contributed by atoms with Gasteiger partial charge in [-0.05, 0) is 21.8 Å². The van der Waals surface area contributed by atoms with Gasteiger partial charge in [-0.1, -0.05) is 13.8 Å². The number of halogens is 1. The minimum Gasteiger partial charge on any atom is -0.226 e. The van der Waals surface area contributed by atoms with Crippen LogP contribution in [0, 0.1) is 0 Å². The molecule has 0 bridgehead atoms. The van der Waals surface area contributed by atoms with Crippen LogP contribution in [0.2, 0.25) is 0 Å². The summed E-state index contributed by atoms with van der Waals surface area (Å²) < 4.78 is 23.1. The molecule has 0 amide bonds. The van der Waals surface area contributed by atoms with Crippen molar-refractivity contribution in [1.29, 1.82) is 0 Å². The molecule has 0 aromatic carbocycles. The van der Waals surface area contributed by atoms with E-state index in [0.717, 1.165) is 10.7 Å². The second kappa shape index (κ2) is 3.94. The zero-order valence-electron chi connectivity index (χ0n) is 8.15. The van der Waals surface area contributed by atoms with E-state index in [1.807, 2.05) is 13.8 Å². The molecule has 0 spiro atoms. The third-order valence-electron chi connectivity index (χ3n) is 1.63. The van der Waals surface area contributed by atoms with E-state index in [4.69, 9.17) is 0 Å². The first-order chi connectivity index (χ1) is 6.32. The predicted octanol–water partition coefficient (Wildman–Crippen LogP) is 1.77. The lowest BCUT2D eigenvalue weighted by Gasteiger charge is -2.07. The molecule has 78 valence electrons. The highest BCUT2D eigenvalue weighted by atomic mass is 79.9. The number of hydrogen-bond acceptors (Lipinski definition) is 4. The molecule has 0 saturated heterocycles. The molecule has 0 aliphatic rings. The first kappa shape index (κ1) is 11.6. The molecule has 0 aliphatic heterocycles. The van der Waals surface area contributed by atoms with Crippen molar-refractivity contribution in [1.82, 2.24) is 9.97 Å².